The summed E-state index contributed by atoms with van der Waals surface area (Å²) in [6.07, 6.45) is 0. The first-order valence-electron chi connectivity index (χ1n) is 5.54. The molecule has 88 valence electrons. The molecule has 0 atom stereocenters. The number of carbonyl (C=O) groups is 1. The predicted molar refractivity (Wildman–Crippen MR) is 74.0 cm³/mol. The highest BCUT2D eigenvalue weighted by Crippen LogP contribution is 2.38. The van der Waals surface area contributed by atoms with Crippen molar-refractivity contribution in [2.24, 2.45) is 0 Å². The Morgan fingerprint density at radius 2 is 1.50 bits per heavy atom. The molecule has 2 aromatic carbocycles. The molecule has 3 rings (SSSR count). The molecule has 0 saturated heterocycles. The molecule has 2 aromatic rings. The van der Waals surface area contributed by atoms with Crippen LogP contribution in [-0.2, 0) is 4.74 Å². The van der Waals surface area contributed by atoms with Gasteiger partial charge in [-0.05, 0) is 27.6 Å². The van der Waals surface area contributed by atoms with E-state index in [-0.39, 0.29) is 5.97 Å². The van der Waals surface area contributed by atoms with Gasteiger partial charge in [-0.3, -0.25) is 0 Å². The van der Waals surface area contributed by atoms with Crippen LogP contribution in [0, 0.1) is 0 Å². The Morgan fingerprint density at radius 1 is 0.889 bits per heavy atom. The largest absolute Gasteiger partial charge is 0.421 e. The fourth-order valence-corrected chi connectivity index (χ4v) is 2.50. The van der Waals surface area contributed by atoms with E-state index in [0.29, 0.717) is 11.3 Å². The number of carbonyl (C=O) groups excluding carboxylic acids is 1. The van der Waals surface area contributed by atoms with Gasteiger partial charge in [0.2, 0.25) is 0 Å². The van der Waals surface area contributed by atoms with E-state index in [0.717, 1.165) is 15.6 Å². The Hall–Kier alpha value is -1.87. The Bertz CT molecular complexity index is 645. The zero-order chi connectivity index (χ0) is 12.5. The summed E-state index contributed by atoms with van der Waals surface area (Å²) in [6, 6.07) is 17.2. The molecule has 0 aliphatic carbocycles. The predicted octanol–water partition coefficient (Wildman–Crippen LogP) is 4.08. The molecule has 1 heterocycles. The van der Waals surface area contributed by atoms with Gasteiger partial charge >= 0.3 is 5.97 Å². The second kappa shape index (κ2) is 4.42. The SMILES string of the molecule is O=C1O/C(=C(\Br)c2ccccc2)c2ccccc21. The summed E-state index contributed by atoms with van der Waals surface area (Å²) in [6.45, 7) is 0. The second-order valence-corrected chi connectivity index (χ2v) is 4.74. The van der Waals surface area contributed by atoms with Crippen molar-refractivity contribution in [1.82, 2.24) is 0 Å². The molecule has 0 bridgehead atoms. The Kier molecular flexibility index (Phi) is 2.76. The van der Waals surface area contributed by atoms with Crippen LogP contribution in [0.5, 0.6) is 0 Å². The molecule has 0 N–H and O–H groups in total. The molecular weight excluding hydrogens is 292 g/mol. The van der Waals surface area contributed by atoms with Gasteiger partial charge in [0.05, 0.1) is 10.0 Å². The van der Waals surface area contributed by atoms with Crippen LogP contribution in [0.25, 0.3) is 10.2 Å². The van der Waals surface area contributed by atoms with Gasteiger partial charge in [0.25, 0.3) is 0 Å². The number of esters is 1. The van der Waals surface area contributed by atoms with E-state index < -0.39 is 0 Å². The highest BCUT2D eigenvalue weighted by molar-refractivity contribution is 9.15. The van der Waals surface area contributed by atoms with Crippen molar-refractivity contribution in [2.75, 3.05) is 0 Å². The van der Waals surface area contributed by atoms with Gasteiger partial charge in [0.1, 0.15) is 0 Å². The lowest BCUT2D eigenvalue weighted by molar-refractivity contribution is 0.0717. The third kappa shape index (κ3) is 1.77. The third-order valence-electron chi connectivity index (χ3n) is 2.81. The van der Waals surface area contributed by atoms with E-state index in [2.05, 4.69) is 15.9 Å². The van der Waals surface area contributed by atoms with Crippen LogP contribution in [0.4, 0.5) is 0 Å². The molecule has 0 amide bonds. The Labute approximate surface area is 113 Å². The number of halogens is 1. The van der Waals surface area contributed by atoms with Gasteiger partial charge in [-0.15, -0.1) is 0 Å². The van der Waals surface area contributed by atoms with E-state index >= 15 is 0 Å². The lowest BCUT2D eigenvalue weighted by Gasteiger charge is -2.04. The van der Waals surface area contributed by atoms with E-state index in [1.165, 1.54) is 0 Å². The second-order valence-electron chi connectivity index (χ2n) is 3.94. The highest BCUT2D eigenvalue weighted by atomic mass is 79.9. The summed E-state index contributed by atoms with van der Waals surface area (Å²) in [5.74, 6) is 0.287. The fraction of sp³-hybridized carbons (Fsp3) is 0. The molecule has 0 unspecified atom stereocenters. The molecule has 1 aliphatic heterocycles. The van der Waals surface area contributed by atoms with Gasteiger partial charge in [-0.1, -0.05) is 48.5 Å². The van der Waals surface area contributed by atoms with Crippen molar-refractivity contribution < 1.29 is 9.53 Å². The molecule has 1 aliphatic rings. The number of benzene rings is 2. The maximum Gasteiger partial charge on any atom is 0.344 e. The Balaban J connectivity index is 2.17. The van der Waals surface area contributed by atoms with Gasteiger partial charge < -0.3 is 4.74 Å². The lowest BCUT2D eigenvalue weighted by atomic mass is 10.1. The third-order valence-corrected chi connectivity index (χ3v) is 3.63. The summed E-state index contributed by atoms with van der Waals surface area (Å²) in [5.41, 5.74) is 2.43. The zero-order valence-corrected chi connectivity index (χ0v) is 11.0. The topological polar surface area (TPSA) is 26.3 Å². The van der Waals surface area contributed by atoms with E-state index in [9.17, 15) is 4.79 Å². The smallest absolute Gasteiger partial charge is 0.344 e. The first kappa shape index (κ1) is 11.2. The summed E-state index contributed by atoms with van der Waals surface area (Å²) in [5, 5.41) is 0. The molecule has 0 radical (unpaired) electrons. The minimum Gasteiger partial charge on any atom is -0.421 e. The zero-order valence-electron chi connectivity index (χ0n) is 9.39. The molecule has 2 nitrogen and oxygen atoms in total. The molecule has 18 heavy (non-hydrogen) atoms. The number of cyclic esters (lactones) is 1. The normalized spacial score (nSPS) is 16.2. The number of hydrogen-bond donors (Lipinski definition) is 0. The van der Waals surface area contributed by atoms with E-state index in [1.807, 2.05) is 48.5 Å². The van der Waals surface area contributed by atoms with Crippen LogP contribution >= 0.6 is 15.9 Å². The van der Waals surface area contributed by atoms with E-state index in [1.54, 1.807) is 6.07 Å². The number of rotatable bonds is 1. The van der Waals surface area contributed by atoms with Crippen LogP contribution < -0.4 is 0 Å². The average molecular weight is 301 g/mol. The number of fused-ring (bicyclic) bond motifs is 1. The highest BCUT2D eigenvalue weighted by Gasteiger charge is 2.28. The fourth-order valence-electron chi connectivity index (χ4n) is 1.94. The minimum absolute atomic E-state index is 0.298. The monoisotopic (exact) mass is 300 g/mol. The van der Waals surface area contributed by atoms with Gasteiger partial charge in [0, 0.05) is 5.56 Å². The number of hydrogen-bond acceptors (Lipinski definition) is 2. The number of ether oxygens (including phenoxy) is 1. The Morgan fingerprint density at radius 3 is 2.22 bits per heavy atom. The summed E-state index contributed by atoms with van der Waals surface area (Å²) in [4.78, 5) is 11.7. The van der Waals surface area contributed by atoms with Crippen LogP contribution in [0.2, 0.25) is 0 Å². The molecular formula is C15H9BrO2. The van der Waals surface area contributed by atoms with Crippen molar-refractivity contribution in [3.05, 3.63) is 71.3 Å². The molecule has 0 spiro atoms. The quantitative estimate of drug-likeness (QED) is 0.742. The molecule has 3 heteroatoms. The van der Waals surface area contributed by atoms with Crippen molar-refractivity contribution in [2.45, 2.75) is 0 Å². The van der Waals surface area contributed by atoms with Crippen LogP contribution in [-0.4, -0.2) is 5.97 Å². The van der Waals surface area contributed by atoms with Crippen molar-refractivity contribution >= 4 is 32.1 Å². The lowest BCUT2D eigenvalue weighted by Crippen LogP contribution is -1.92. The molecule has 0 fully saturated rings. The maximum atomic E-state index is 11.7. The molecule has 0 saturated carbocycles. The van der Waals surface area contributed by atoms with Crippen molar-refractivity contribution in [1.29, 1.82) is 0 Å². The van der Waals surface area contributed by atoms with Crippen LogP contribution in [0.15, 0.2) is 54.6 Å². The van der Waals surface area contributed by atoms with Gasteiger partial charge in [-0.25, -0.2) is 4.79 Å². The summed E-state index contributed by atoms with van der Waals surface area (Å²) < 4.78 is 6.13. The standard InChI is InChI=1S/C15H9BrO2/c16-13(10-6-2-1-3-7-10)14-11-8-4-5-9-12(11)15(17)18-14/h1-9H/b14-13-. The first-order chi connectivity index (χ1) is 8.77. The average Bonchev–Trinajstić information content (AvgIpc) is 2.77. The molecule has 0 aromatic heterocycles. The first-order valence-corrected chi connectivity index (χ1v) is 6.33. The summed E-state index contributed by atoms with van der Waals surface area (Å²) in [7, 11) is 0. The summed E-state index contributed by atoms with van der Waals surface area (Å²) >= 11 is 3.51. The van der Waals surface area contributed by atoms with Crippen molar-refractivity contribution in [3.63, 3.8) is 0 Å². The van der Waals surface area contributed by atoms with Gasteiger partial charge in [0.15, 0.2) is 5.76 Å². The van der Waals surface area contributed by atoms with Gasteiger partial charge in [-0.2, -0.15) is 0 Å². The maximum absolute atomic E-state index is 11.7. The van der Waals surface area contributed by atoms with E-state index in [4.69, 9.17) is 4.74 Å². The minimum atomic E-state index is -0.298. The van der Waals surface area contributed by atoms with Crippen molar-refractivity contribution in [3.8, 4) is 0 Å². The van der Waals surface area contributed by atoms with Crippen LogP contribution in [0.1, 0.15) is 21.5 Å². The van der Waals surface area contributed by atoms with Crippen LogP contribution in [0.3, 0.4) is 0 Å².